The summed E-state index contributed by atoms with van der Waals surface area (Å²) in [6, 6.07) is 15.3. The largest absolute Gasteiger partial charge is 0.385 e. The number of aliphatic hydroxyl groups is 1. The molecule has 4 rings (SSSR count). The minimum atomic E-state index is -0.990. The first-order valence-corrected chi connectivity index (χ1v) is 9.70. The number of benzene rings is 2. The fourth-order valence-corrected chi connectivity index (χ4v) is 3.35. The molecule has 2 N–H and O–H groups in total. The number of hydrogen-bond acceptors (Lipinski definition) is 4. The van der Waals surface area contributed by atoms with Crippen molar-refractivity contribution in [1.29, 1.82) is 0 Å². The van der Waals surface area contributed by atoms with Gasteiger partial charge >= 0.3 is 0 Å². The second kappa shape index (κ2) is 8.97. The Morgan fingerprint density at radius 2 is 1.87 bits per heavy atom. The molecule has 1 amide bonds. The van der Waals surface area contributed by atoms with Crippen LogP contribution in [0.2, 0.25) is 0 Å². The van der Waals surface area contributed by atoms with Gasteiger partial charge < -0.3 is 10.4 Å². The number of aliphatic hydroxyl groups excluding tert-OH is 1. The first-order valence-electron chi connectivity index (χ1n) is 9.70. The van der Waals surface area contributed by atoms with E-state index in [-0.39, 0.29) is 23.5 Å². The minimum Gasteiger partial charge on any atom is -0.385 e. The Bertz CT molecular complexity index is 1160. The normalized spacial score (nSPS) is 14.0. The summed E-state index contributed by atoms with van der Waals surface area (Å²) in [7, 11) is 0. The molecular weight excluding hydrogens is 400 g/mol. The highest BCUT2D eigenvalue weighted by atomic mass is 19.1. The molecule has 2 heterocycles. The number of nitrogens with one attached hydrogen (secondary N) is 1. The number of rotatable bonds is 6. The predicted octanol–water partition coefficient (Wildman–Crippen LogP) is 3.71. The molecule has 0 aliphatic carbocycles. The van der Waals surface area contributed by atoms with Crippen molar-refractivity contribution in [2.45, 2.75) is 6.10 Å². The monoisotopic (exact) mass is 419 g/mol. The van der Waals surface area contributed by atoms with E-state index in [2.05, 4.69) is 15.3 Å². The van der Waals surface area contributed by atoms with Crippen LogP contribution < -0.4 is 5.32 Å². The van der Waals surface area contributed by atoms with E-state index >= 15 is 0 Å². The highest BCUT2D eigenvalue weighted by Gasteiger charge is 2.22. The zero-order chi connectivity index (χ0) is 21.8. The Labute approximate surface area is 177 Å². The zero-order valence-corrected chi connectivity index (χ0v) is 16.4. The molecule has 31 heavy (non-hydrogen) atoms. The summed E-state index contributed by atoms with van der Waals surface area (Å²) in [5.74, 6) is -1.45. The molecule has 0 radical (unpaired) electrons. The average molecular weight is 419 g/mol. The molecule has 156 valence electrons. The Morgan fingerprint density at radius 3 is 2.61 bits per heavy atom. The number of halogens is 2. The van der Waals surface area contributed by atoms with Crippen molar-refractivity contribution in [3.05, 3.63) is 107 Å². The third-order valence-corrected chi connectivity index (χ3v) is 4.95. The van der Waals surface area contributed by atoms with Gasteiger partial charge in [0.2, 0.25) is 0 Å². The fraction of sp³-hybridized carbons (Fsp3) is 0.125. The Morgan fingerprint density at radius 1 is 1.06 bits per heavy atom. The van der Waals surface area contributed by atoms with Gasteiger partial charge in [-0.15, -0.1) is 0 Å². The van der Waals surface area contributed by atoms with Crippen LogP contribution in [0.1, 0.15) is 33.3 Å². The second-order valence-electron chi connectivity index (χ2n) is 7.02. The number of pyridine rings is 1. The molecule has 1 atom stereocenters. The lowest BCUT2D eigenvalue weighted by Gasteiger charge is -2.13. The van der Waals surface area contributed by atoms with E-state index in [0.29, 0.717) is 18.0 Å². The molecule has 0 fully saturated rings. The standard InChI is InChI=1S/C24H19F2N3O2/c25-17-9-7-15(8-10-17)16-12-21(28-13-16)23-18(4-3-5-19(23)26)24(31)29-14-22(30)20-6-1-2-11-27-20/h1-12,22,30H,13-14H2,(H,29,31). The topological polar surface area (TPSA) is 74.6 Å². The maximum atomic E-state index is 14.7. The third-order valence-electron chi connectivity index (χ3n) is 4.95. The Balaban J connectivity index is 1.55. The minimum absolute atomic E-state index is 0.0745. The number of carbonyl (C=O) groups is 1. The number of hydrogen-bond donors (Lipinski definition) is 2. The summed E-state index contributed by atoms with van der Waals surface area (Å²) in [6.07, 6.45) is 2.26. The molecule has 1 unspecified atom stereocenters. The maximum Gasteiger partial charge on any atom is 0.252 e. The molecule has 2 aromatic carbocycles. The van der Waals surface area contributed by atoms with E-state index in [1.54, 1.807) is 42.6 Å². The number of aromatic nitrogens is 1. The van der Waals surface area contributed by atoms with Crippen LogP contribution in [0, 0.1) is 11.6 Å². The van der Waals surface area contributed by atoms with E-state index < -0.39 is 17.8 Å². The smallest absolute Gasteiger partial charge is 0.252 e. The highest BCUT2D eigenvalue weighted by molar-refractivity contribution is 6.19. The van der Waals surface area contributed by atoms with Gasteiger partial charge in [-0.3, -0.25) is 14.8 Å². The summed E-state index contributed by atoms with van der Waals surface area (Å²) in [5, 5.41) is 12.8. The summed E-state index contributed by atoms with van der Waals surface area (Å²) in [4.78, 5) is 21.2. The molecule has 7 heteroatoms. The Kier molecular flexibility index (Phi) is 5.95. The van der Waals surface area contributed by atoms with E-state index in [0.717, 1.165) is 11.1 Å². The van der Waals surface area contributed by atoms with Crippen LogP contribution in [0.15, 0.2) is 77.9 Å². The SMILES string of the molecule is O=C(NCC(O)c1ccccn1)c1cccc(F)c1C1=NCC(c2ccc(F)cc2)=C1. The lowest BCUT2D eigenvalue weighted by Crippen LogP contribution is -2.30. The van der Waals surface area contributed by atoms with E-state index in [4.69, 9.17) is 0 Å². The van der Waals surface area contributed by atoms with Crippen molar-refractivity contribution in [1.82, 2.24) is 10.3 Å². The van der Waals surface area contributed by atoms with E-state index in [1.807, 2.05) is 0 Å². The third kappa shape index (κ3) is 4.57. The first-order chi connectivity index (χ1) is 15.0. The quantitative estimate of drug-likeness (QED) is 0.640. The number of allylic oxidation sites excluding steroid dienone is 1. The van der Waals surface area contributed by atoms with Crippen LogP contribution in [0.5, 0.6) is 0 Å². The van der Waals surface area contributed by atoms with Gasteiger partial charge in [-0.1, -0.05) is 24.3 Å². The number of nitrogens with zero attached hydrogens (tertiary/aromatic N) is 2. The van der Waals surface area contributed by atoms with Gasteiger partial charge in [0.05, 0.1) is 23.5 Å². The van der Waals surface area contributed by atoms with Crippen LogP contribution >= 0.6 is 0 Å². The van der Waals surface area contributed by atoms with Crippen molar-refractivity contribution < 1.29 is 18.7 Å². The van der Waals surface area contributed by atoms with Crippen LogP contribution in [-0.2, 0) is 0 Å². The van der Waals surface area contributed by atoms with Gasteiger partial charge in [0.25, 0.3) is 5.91 Å². The van der Waals surface area contributed by atoms with Crippen molar-refractivity contribution in [2.75, 3.05) is 13.1 Å². The predicted molar refractivity (Wildman–Crippen MR) is 114 cm³/mol. The molecule has 0 spiro atoms. The highest BCUT2D eigenvalue weighted by Crippen LogP contribution is 2.25. The zero-order valence-electron chi connectivity index (χ0n) is 16.4. The first kappa shape index (κ1) is 20.6. The van der Waals surface area contributed by atoms with E-state index in [1.165, 1.54) is 30.3 Å². The number of amides is 1. The lowest BCUT2D eigenvalue weighted by atomic mass is 9.99. The summed E-state index contributed by atoms with van der Waals surface area (Å²) in [6.45, 7) is 0.226. The number of carbonyl (C=O) groups excluding carboxylic acids is 1. The number of aliphatic imine (C=N–C) groups is 1. The maximum absolute atomic E-state index is 14.7. The molecule has 1 aromatic heterocycles. The molecular formula is C24H19F2N3O2. The lowest BCUT2D eigenvalue weighted by molar-refractivity contribution is 0.0913. The van der Waals surface area contributed by atoms with Gasteiger partial charge in [-0.25, -0.2) is 8.78 Å². The van der Waals surface area contributed by atoms with Crippen molar-refractivity contribution in [2.24, 2.45) is 4.99 Å². The average Bonchev–Trinajstić information content (AvgIpc) is 3.28. The second-order valence-corrected chi connectivity index (χ2v) is 7.02. The van der Waals surface area contributed by atoms with Gasteiger partial charge in [0.1, 0.15) is 17.7 Å². The molecule has 1 aliphatic rings. The van der Waals surface area contributed by atoms with E-state index in [9.17, 15) is 18.7 Å². The molecule has 0 saturated carbocycles. The van der Waals surface area contributed by atoms with Crippen molar-refractivity contribution in [3.8, 4) is 0 Å². The van der Waals surface area contributed by atoms with Crippen LogP contribution in [-0.4, -0.2) is 34.8 Å². The summed E-state index contributed by atoms with van der Waals surface area (Å²) < 4.78 is 27.9. The molecule has 5 nitrogen and oxygen atoms in total. The van der Waals surface area contributed by atoms with Gasteiger partial charge in [-0.2, -0.15) is 0 Å². The van der Waals surface area contributed by atoms with Crippen LogP contribution in [0.3, 0.4) is 0 Å². The summed E-state index contributed by atoms with van der Waals surface area (Å²) >= 11 is 0. The van der Waals surface area contributed by atoms with Crippen molar-refractivity contribution >= 4 is 17.2 Å². The van der Waals surface area contributed by atoms with Gasteiger partial charge in [-0.05, 0) is 53.6 Å². The summed E-state index contributed by atoms with van der Waals surface area (Å²) in [5.41, 5.74) is 2.55. The molecule has 1 aliphatic heterocycles. The Hall–Kier alpha value is -3.71. The van der Waals surface area contributed by atoms with Crippen LogP contribution in [0.4, 0.5) is 8.78 Å². The van der Waals surface area contributed by atoms with Gasteiger partial charge in [0, 0.05) is 18.3 Å². The molecule has 3 aromatic rings. The molecule has 0 saturated heterocycles. The van der Waals surface area contributed by atoms with Crippen molar-refractivity contribution in [3.63, 3.8) is 0 Å². The molecule has 0 bridgehead atoms. The fourth-order valence-electron chi connectivity index (χ4n) is 3.35. The van der Waals surface area contributed by atoms with Gasteiger partial charge in [0.15, 0.2) is 0 Å². The van der Waals surface area contributed by atoms with Crippen LogP contribution in [0.25, 0.3) is 5.57 Å².